The van der Waals surface area contributed by atoms with E-state index in [1.165, 1.54) is 75.5 Å². The fourth-order valence-corrected chi connectivity index (χ4v) is 9.50. The molecule has 3 heteroatoms. The first kappa shape index (κ1) is 31.6. The Morgan fingerprint density at radius 1 is 0.345 bits per heavy atom. The molecule has 0 aliphatic carbocycles. The van der Waals surface area contributed by atoms with Gasteiger partial charge in [0.2, 0.25) is 0 Å². The van der Waals surface area contributed by atoms with Crippen LogP contribution < -0.4 is 0 Å². The highest BCUT2D eigenvalue weighted by Gasteiger charge is 2.18. The lowest BCUT2D eigenvalue weighted by Gasteiger charge is -2.16. The number of aromatic nitrogens is 2. The van der Waals surface area contributed by atoms with Gasteiger partial charge >= 0.3 is 0 Å². The van der Waals surface area contributed by atoms with Gasteiger partial charge in [0.25, 0.3) is 0 Å². The molecular formula is C52H32N2S. The summed E-state index contributed by atoms with van der Waals surface area (Å²) in [5.41, 5.74) is 11.4. The van der Waals surface area contributed by atoms with Crippen molar-refractivity contribution in [2.75, 3.05) is 0 Å². The van der Waals surface area contributed by atoms with E-state index in [1.807, 2.05) is 23.6 Å². The Bertz CT molecular complexity index is 3210. The van der Waals surface area contributed by atoms with Crippen molar-refractivity contribution in [3.63, 3.8) is 0 Å². The Balaban J connectivity index is 1.01. The minimum absolute atomic E-state index is 0.930. The van der Waals surface area contributed by atoms with Crippen molar-refractivity contribution in [1.82, 2.24) is 9.97 Å². The Morgan fingerprint density at radius 3 is 1.65 bits per heavy atom. The maximum Gasteiger partial charge on any atom is 0.0972 e. The third-order valence-electron chi connectivity index (χ3n) is 10.9. The molecule has 8 aromatic carbocycles. The van der Waals surface area contributed by atoms with Gasteiger partial charge in [0, 0.05) is 37.9 Å². The highest BCUT2D eigenvalue weighted by Crippen LogP contribution is 2.47. The zero-order valence-corrected chi connectivity index (χ0v) is 30.6. The van der Waals surface area contributed by atoms with Crippen LogP contribution in [0.5, 0.6) is 0 Å². The van der Waals surface area contributed by atoms with E-state index in [1.54, 1.807) is 0 Å². The van der Waals surface area contributed by atoms with Gasteiger partial charge in [-0.2, -0.15) is 0 Å². The lowest BCUT2D eigenvalue weighted by Crippen LogP contribution is -1.91. The van der Waals surface area contributed by atoms with Gasteiger partial charge in [0.15, 0.2) is 0 Å². The molecule has 11 rings (SSSR count). The number of fused-ring (bicyclic) bond motifs is 6. The van der Waals surface area contributed by atoms with Crippen LogP contribution >= 0.6 is 11.3 Å². The van der Waals surface area contributed by atoms with Gasteiger partial charge in [0.05, 0.1) is 16.7 Å². The van der Waals surface area contributed by atoms with Crippen LogP contribution in [0.3, 0.4) is 0 Å². The van der Waals surface area contributed by atoms with Crippen LogP contribution in [0, 0.1) is 0 Å². The fraction of sp³-hybridized carbons (Fsp3) is 0. The van der Waals surface area contributed by atoms with Crippen molar-refractivity contribution in [1.29, 1.82) is 0 Å². The minimum atomic E-state index is 0.930. The number of benzene rings is 8. The second-order valence-electron chi connectivity index (χ2n) is 14.1. The van der Waals surface area contributed by atoms with E-state index in [-0.39, 0.29) is 0 Å². The molecule has 0 atom stereocenters. The van der Waals surface area contributed by atoms with E-state index in [2.05, 4.69) is 182 Å². The highest BCUT2D eigenvalue weighted by molar-refractivity contribution is 7.19. The normalized spacial score (nSPS) is 11.6. The van der Waals surface area contributed by atoms with Crippen LogP contribution in [0.15, 0.2) is 194 Å². The van der Waals surface area contributed by atoms with Gasteiger partial charge in [-0.1, -0.05) is 158 Å². The molecule has 0 bridgehead atoms. The molecule has 0 radical (unpaired) electrons. The molecule has 256 valence electrons. The van der Waals surface area contributed by atoms with E-state index in [0.717, 1.165) is 33.1 Å². The number of pyridine rings is 2. The van der Waals surface area contributed by atoms with Crippen LogP contribution in [-0.4, -0.2) is 9.97 Å². The monoisotopic (exact) mass is 716 g/mol. The second-order valence-corrected chi connectivity index (χ2v) is 15.2. The quantitative estimate of drug-likeness (QED) is 0.131. The molecule has 2 nitrogen and oxygen atoms in total. The Morgan fingerprint density at radius 2 is 0.909 bits per heavy atom. The lowest BCUT2D eigenvalue weighted by molar-refractivity contribution is 1.37. The van der Waals surface area contributed by atoms with Crippen LogP contribution in [0.25, 0.3) is 109 Å². The fourth-order valence-electron chi connectivity index (χ4n) is 8.42. The Labute approximate surface area is 322 Å². The molecule has 3 heterocycles. The van der Waals surface area contributed by atoms with Crippen molar-refractivity contribution in [3.8, 4) is 54.4 Å². The number of hydrogen-bond acceptors (Lipinski definition) is 3. The molecular weight excluding hydrogens is 685 g/mol. The van der Waals surface area contributed by atoms with Gasteiger partial charge in [-0.15, -0.1) is 11.3 Å². The molecule has 0 amide bonds. The van der Waals surface area contributed by atoms with Crippen molar-refractivity contribution in [3.05, 3.63) is 194 Å². The maximum atomic E-state index is 5.20. The summed E-state index contributed by atoms with van der Waals surface area (Å²) < 4.78 is 0. The molecule has 0 unspecified atom stereocenters. The standard InChI is InChI=1S/C52H32N2S/c1-2-12-33(13-3-1)49-42-19-6-8-21-44(42)50(45-22-9-7-20-43(45)49)48-30-29-47(55-48)37-15-10-14-36(32-37)38-26-27-41(40-18-5-4-17-39(38)40)46-28-25-35-24-23-34-16-11-31-53-51(34)52(35)54-46/h1-32H. The first-order valence-corrected chi connectivity index (χ1v) is 19.5. The molecule has 0 saturated carbocycles. The summed E-state index contributed by atoms with van der Waals surface area (Å²) in [7, 11) is 0. The van der Waals surface area contributed by atoms with E-state index in [9.17, 15) is 0 Å². The molecule has 0 aliphatic rings. The van der Waals surface area contributed by atoms with E-state index < -0.39 is 0 Å². The Hall–Kier alpha value is -6.94. The molecule has 0 aliphatic heterocycles. The summed E-state index contributed by atoms with van der Waals surface area (Å²) >= 11 is 1.87. The Kier molecular flexibility index (Phi) is 7.39. The molecule has 0 saturated heterocycles. The molecule has 0 N–H and O–H groups in total. The lowest BCUT2D eigenvalue weighted by atomic mass is 9.88. The SMILES string of the molecule is c1ccc(-c2c3ccccc3c(-c3ccc(-c4cccc(-c5ccc(-c6ccc7ccc8cccnc8c7n6)c6ccccc56)c4)s3)c3ccccc23)cc1. The summed E-state index contributed by atoms with van der Waals surface area (Å²) in [6.07, 6.45) is 1.85. The number of nitrogens with zero attached hydrogens (tertiary/aromatic N) is 2. The van der Waals surface area contributed by atoms with Gasteiger partial charge in [0.1, 0.15) is 0 Å². The van der Waals surface area contributed by atoms with Crippen LogP contribution in [-0.2, 0) is 0 Å². The first-order chi connectivity index (χ1) is 27.3. The van der Waals surface area contributed by atoms with E-state index >= 15 is 0 Å². The average Bonchev–Trinajstić information content (AvgIpc) is 3.75. The van der Waals surface area contributed by atoms with Crippen molar-refractivity contribution >= 4 is 65.5 Å². The third-order valence-corrected chi connectivity index (χ3v) is 12.1. The largest absolute Gasteiger partial charge is 0.254 e. The van der Waals surface area contributed by atoms with Crippen LogP contribution in [0.2, 0.25) is 0 Å². The second kappa shape index (κ2) is 12.9. The van der Waals surface area contributed by atoms with Gasteiger partial charge in [-0.25, -0.2) is 4.98 Å². The van der Waals surface area contributed by atoms with Crippen molar-refractivity contribution in [2.45, 2.75) is 0 Å². The maximum absolute atomic E-state index is 5.20. The zero-order valence-electron chi connectivity index (χ0n) is 29.8. The third kappa shape index (κ3) is 5.24. The summed E-state index contributed by atoms with van der Waals surface area (Å²) in [4.78, 5) is 12.4. The topological polar surface area (TPSA) is 25.8 Å². The summed E-state index contributed by atoms with van der Waals surface area (Å²) in [6.45, 7) is 0. The van der Waals surface area contributed by atoms with E-state index in [4.69, 9.17) is 9.97 Å². The number of rotatable bonds is 5. The predicted molar refractivity (Wildman–Crippen MR) is 235 cm³/mol. The number of hydrogen-bond donors (Lipinski definition) is 0. The van der Waals surface area contributed by atoms with E-state index in [0.29, 0.717) is 0 Å². The van der Waals surface area contributed by atoms with Crippen LogP contribution in [0.1, 0.15) is 0 Å². The highest BCUT2D eigenvalue weighted by atomic mass is 32.1. The summed E-state index contributed by atoms with van der Waals surface area (Å²) in [5.74, 6) is 0. The minimum Gasteiger partial charge on any atom is -0.254 e. The van der Waals surface area contributed by atoms with Crippen LogP contribution in [0.4, 0.5) is 0 Å². The first-order valence-electron chi connectivity index (χ1n) is 18.6. The summed E-state index contributed by atoms with van der Waals surface area (Å²) in [5, 5.41) is 9.69. The van der Waals surface area contributed by atoms with Crippen molar-refractivity contribution in [2.24, 2.45) is 0 Å². The van der Waals surface area contributed by atoms with Gasteiger partial charge in [-0.05, 0) is 90.5 Å². The molecule has 55 heavy (non-hydrogen) atoms. The smallest absolute Gasteiger partial charge is 0.0972 e. The van der Waals surface area contributed by atoms with Gasteiger partial charge < -0.3 is 0 Å². The molecule has 0 spiro atoms. The van der Waals surface area contributed by atoms with Gasteiger partial charge in [-0.3, -0.25) is 4.98 Å². The molecule has 0 fully saturated rings. The summed E-state index contributed by atoms with van der Waals surface area (Å²) in [6, 6.07) is 68.0. The average molecular weight is 717 g/mol. The molecule has 11 aromatic rings. The number of thiophene rings is 1. The zero-order chi connectivity index (χ0) is 36.3. The van der Waals surface area contributed by atoms with Crippen molar-refractivity contribution < 1.29 is 0 Å². The molecule has 3 aromatic heterocycles. The predicted octanol–water partition coefficient (Wildman–Crippen LogP) is 14.6.